The molecule has 0 spiro atoms. The SMILES string of the molecule is CC1(C)CB(c2ccc(-c3ccc(-c4ccc(-c5ccc(C#N)cc5)cc4)c4ccccc34)cc2)CC1(C)C. The van der Waals surface area contributed by atoms with E-state index in [-0.39, 0.29) is 0 Å². The van der Waals surface area contributed by atoms with Gasteiger partial charge in [0.1, 0.15) is 0 Å². The lowest BCUT2D eigenvalue weighted by Gasteiger charge is -2.35. The second-order valence-electron chi connectivity index (χ2n) is 12.5. The van der Waals surface area contributed by atoms with Crippen LogP contribution in [0.15, 0.2) is 109 Å². The maximum atomic E-state index is 9.08. The van der Waals surface area contributed by atoms with Crippen LogP contribution in [0.25, 0.3) is 44.2 Å². The van der Waals surface area contributed by atoms with Crippen molar-refractivity contribution in [2.75, 3.05) is 0 Å². The molecule has 0 aliphatic carbocycles. The molecule has 0 unspecified atom stereocenters. The molecule has 1 aliphatic rings. The van der Waals surface area contributed by atoms with Crippen LogP contribution < -0.4 is 5.46 Å². The van der Waals surface area contributed by atoms with Crippen molar-refractivity contribution >= 4 is 22.9 Å². The Kier molecular flexibility index (Phi) is 6.20. The minimum absolute atomic E-state index is 0.364. The molecule has 2 heteroatoms. The van der Waals surface area contributed by atoms with E-state index in [0.717, 1.165) is 11.1 Å². The lowest BCUT2D eigenvalue weighted by Crippen LogP contribution is -2.27. The van der Waals surface area contributed by atoms with E-state index in [2.05, 4.69) is 119 Å². The Labute approximate surface area is 233 Å². The van der Waals surface area contributed by atoms with Crippen molar-refractivity contribution in [2.45, 2.75) is 40.3 Å². The van der Waals surface area contributed by atoms with Crippen LogP contribution in [0.1, 0.15) is 33.3 Å². The van der Waals surface area contributed by atoms with Gasteiger partial charge >= 0.3 is 0 Å². The van der Waals surface area contributed by atoms with Crippen LogP contribution in [-0.2, 0) is 0 Å². The van der Waals surface area contributed by atoms with Gasteiger partial charge in [0.2, 0.25) is 0 Å². The second kappa shape index (κ2) is 9.58. The van der Waals surface area contributed by atoms with Crippen LogP contribution in [0.3, 0.4) is 0 Å². The Hall–Kier alpha value is -4.09. The molecule has 0 radical (unpaired) electrons. The van der Waals surface area contributed by atoms with Crippen LogP contribution in [0.4, 0.5) is 0 Å². The van der Waals surface area contributed by atoms with Crippen molar-refractivity contribution in [3.05, 3.63) is 115 Å². The summed E-state index contributed by atoms with van der Waals surface area (Å²) in [5.74, 6) is 0. The first kappa shape index (κ1) is 25.2. The van der Waals surface area contributed by atoms with Gasteiger partial charge in [0.15, 0.2) is 6.71 Å². The number of benzene rings is 5. The third-order valence-electron chi connectivity index (χ3n) is 9.51. The molecular formula is C37H34BN. The van der Waals surface area contributed by atoms with Gasteiger partial charge in [-0.2, -0.15) is 5.26 Å². The normalized spacial score (nSPS) is 15.8. The molecule has 5 aromatic rings. The zero-order chi connectivity index (χ0) is 27.2. The van der Waals surface area contributed by atoms with E-state index in [0.29, 0.717) is 23.1 Å². The molecule has 0 atom stereocenters. The van der Waals surface area contributed by atoms with Crippen molar-refractivity contribution in [3.63, 3.8) is 0 Å². The highest BCUT2D eigenvalue weighted by atomic mass is 14.4. The van der Waals surface area contributed by atoms with Gasteiger partial charge in [-0.25, -0.2) is 0 Å². The van der Waals surface area contributed by atoms with Gasteiger partial charge in [-0.05, 0) is 67.1 Å². The summed E-state index contributed by atoms with van der Waals surface area (Å²) in [6.07, 6.45) is 2.50. The van der Waals surface area contributed by atoms with Gasteiger partial charge in [-0.1, -0.05) is 143 Å². The van der Waals surface area contributed by atoms with E-state index in [9.17, 15) is 0 Å². The maximum Gasteiger partial charge on any atom is 0.176 e. The summed E-state index contributed by atoms with van der Waals surface area (Å²) >= 11 is 0. The predicted molar refractivity (Wildman–Crippen MR) is 168 cm³/mol. The highest BCUT2D eigenvalue weighted by Crippen LogP contribution is 2.52. The number of nitriles is 1. The highest BCUT2D eigenvalue weighted by Gasteiger charge is 2.47. The molecule has 0 amide bonds. The first-order valence-corrected chi connectivity index (χ1v) is 14.0. The number of fused-ring (bicyclic) bond motifs is 1. The van der Waals surface area contributed by atoms with Crippen molar-refractivity contribution in [2.24, 2.45) is 10.8 Å². The van der Waals surface area contributed by atoms with Gasteiger partial charge in [0.25, 0.3) is 0 Å². The zero-order valence-corrected chi connectivity index (χ0v) is 23.3. The molecule has 6 rings (SSSR count). The molecule has 0 N–H and O–H groups in total. The molecular weight excluding hydrogens is 469 g/mol. The quantitative estimate of drug-likeness (QED) is 0.224. The summed E-state index contributed by atoms with van der Waals surface area (Å²) in [6.45, 7) is 10.3. The topological polar surface area (TPSA) is 23.8 Å². The van der Waals surface area contributed by atoms with Crippen LogP contribution in [0, 0.1) is 22.2 Å². The van der Waals surface area contributed by atoms with Gasteiger partial charge in [-0.3, -0.25) is 0 Å². The standard InChI is InChI=1S/C37H34BN/c1-36(2)24-38(25-37(36,3)4)31-19-17-30(18-20-31)33-22-21-32(34-7-5-6-8-35(33)34)29-15-13-28(14-16-29)27-11-9-26(23-39)10-12-27/h5-22H,24-25H2,1-4H3. The Morgan fingerprint density at radius 3 is 1.41 bits per heavy atom. The monoisotopic (exact) mass is 503 g/mol. The zero-order valence-electron chi connectivity index (χ0n) is 23.3. The number of nitrogens with zero attached hydrogens (tertiary/aromatic N) is 1. The predicted octanol–water partition coefficient (Wildman–Crippen LogP) is 9.48. The molecule has 1 aliphatic heterocycles. The van der Waals surface area contributed by atoms with E-state index < -0.39 is 0 Å². The molecule has 190 valence electrons. The highest BCUT2D eigenvalue weighted by molar-refractivity contribution is 6.74. The molecule has 5 aromatic carbocycles. The van der Waals surface area contributed by atoms with Gasteiger partial charge in [-0.15, -0.1) is 0 Å². The molecule has 1 nitrogen and oxygen atoms in total. The average molecular weight is 503 g/mol. The molecule has 0 saturated carbocycles. The smallest absolute Gasteiger partial charge is 0.176 e. The summed E-state index contributed by atoms with van der Waals surface area (Å²) in [4.78, 5) is 0. The summed E-state index contributed by atoms with van der Waals surface area (Å²) in [5, 5.41) is 11.6. The Bertz CT molecular complexity index is 1670. The van der Waals surface area contributed by atoms with Crippen LogP contribution in [-0.4, -0.2) is 6.71 Å². The van der Waals surface area contributed by atoms with Crippen molar-refractivity contribution < 1.29 is 0 Å². The summed E-state index contributed by atoms with van der Waals surface area (Å²) < 4.78 is 0. The van der Waals surface area contributed by atoms with Crippen LogP contribution in [0.2, 0.25) is 12.6 Å². The van der Waals surface area contributed by atoms with Gasteiger partial charge in [0.05, 0.1) is 11.6 Å². The van der Waals surface area contributed by atoms with E-state index in [1.807, 2.05) is 24.3 Å². The lowest BCUT2D eigenvalue weighted by atomic mass is 9.42. The largest absolute Gasteiger partial charge is 0.192 e. The van der Waals surface area contributed by atoms with E-state index in [4.69, 9.17) is 5.26 Å². The number of rotatable bonds is 4. The Morgan fingerprint density at radius 1 is 0.538 bits per heavy atom. The fourth-order valence-electron chi connectivity index (χ4n) is 6.41. The van der Waals surface area contributed by atoms with Gasteiger partial charge in [0, 0.05) is 0 Å². The Morgan fingerprint density at radius 2 is 0.949 bits per heavy atom. The number of hydrogen-bond acceptors (Lipinski definition) is 1. The maximum absolute atomic E-state index is 9.08. The Balaban J connectivity index is 1.31. The fraction of sp³-hybridized carbons (Fsp3) is 0.216. The van der Waals surface area contributed by atoms with Crippen molar-refractivity contribution in [3.8, 4) is 39.4 Å². The molecule has 1 saturated heterocycles. The van der Waals surface area contributed by atoms with Crippen molar-refractivity contribution in [1.82, 2.24) is 0 Å². The minimum Gasteiger partial charge on any atom is -0.192 e. The molecule has 1 fully saturated rings. The van der Waals surface area contributed by atoms with Crippen LogP contribution in [0.5, 0.6) is 0 Å². The average Bonchev–Trinajstić information content (AvgIpc) is 3.19. The third kappa shape index (κ3) is 4.57. The van der Waals surface area contributed by atoms with E-state index in [1.54, 1.807) is 0 Å². The first-order valence-electron chi connectivity index (χ1n) is 14.0. The molecule has 0 aromatic heterocycles. The van der Waals surface area contributed by atoms with Crippen LogP contribution >= 0.6 is 0 Å². The van der Waals surface area contributed by atoms with Gasteiger partial charge < -0.3 is 0 Å². The van der Waals surface area contributed by atoms with E-state index >= 15 is 0 Å². The molecule has 39 heavy (non-hydrogen) atoms. The lowest BCUT2D eigenvalue weighted by molar-refractivity contribution is 0.177. The third-order valence-corrected chi connectivity index (χ3v) is 9.51. The molecule has 0 bridgehead atoms. The first-order chi connectivity index (χ1) is 18.8. The summed E-state index contributed by atoms with van der Waals surface area (Å²) in [7, 11) is 0. The van der Waals surface area contributed by atoms with Crippen molar-refractivity contribution in [1.29, 1.82) is 5.26 Å². The van der Waals surface area contributed by atoms with E-state index in [1.165, 1.54) is 51.1 Å². The summed E-state index contributed by atoms with van der Waals surface area (Å²) in [6, 6.07) is 41.4. The second-order valence-corrected chi connectivity index (χ2v) is 12.5. The number of hydrogen-bond donors (Lipinski definition) is 0. The molecule has 1 heterocycles. The summed E-state index contributed by atoms with van der Waals surface area (Å²) in [5.41, 5.74) is 10.2. The fourth-order valence-corrected chi connectivity index (χ4v) is 6.41. The minimum atomic E-state index is 0.364.